The summed E-state index contributed by atoms with van der Waals surface area (Å²) in [5, 5.41) is 31.9. The first-order chi connectivity index (χ1) is 11.0. The number of anilines is 1. The van der Waals surface area contributed by atoms with E-state index >= 15 is 0 Å². The van der Waals surface area contributed by atoms with Gasteiger partial charge in [-0.3, -0.25) is 0 Å². The van der Waals surface area contributed by atoms with Gasteiger partial charge in [0.05, 0.1) is 11.7 Å². The molecule has 2 unspecified atom stereocenters. The number of aliphatic hydroxyl groups excluding tert-OH is 2. The molecule has 0 heterocycles. The molecule has 2 atom stereocenters. The number of rotatable bonds is 6. The van der Waals surface area contributed by atoms with E-state index in [1.807, 2.05) is 0 Å². The topological polar surface area (TPSA) is 142 Å². The van der Waals surface area contributed by atoms with E-state index in [2.05, 4.69) is 5.32 Å². The molecule has 134 valence electrons. The lowest BCUT2D eigenvalue weighted by molar-refractivity contribution is 0.0116. The SMILES string of the molecule is CC(C)(C)OC(=O)NCCC(O)C(O)c1cccc(N)c1C(=O)O. The van der Waals surface area contributed by atoms with Crippen molar-refractivity contribution in [3.8, 4) is 0 Å². The van der Waals surface area contributed by atoms with Crippen LogP contribution >= 0.6 is 0 Å². The second-order valence-electron chi connectivity index (χ2n) is 6.35. The van der Waals surface area contributed by atoms with Gasteiger partial charge in [-0.2, -0.15) is 0 Å². The summed E-state index contributed by atoms with van der Waals surface area (Å²) in [7, 11) is 0. The molecule has 1 amide bonds. The van der Waals surface area contributed by atoms with E-state index in [0.717, 1.165) is 0 Å². The average molecular weight is 340 g/mol. The van der Waals surface area contributed by atoms with E-state index in [0.29, 0.717) is 0 Å². The van der Waals surface area contributed by atoms with Gasteiger partial charge in [0.1, 0.15) is 11.7 Å². The highest BCUT2D eigenvalue weighted by Crippen LogP contribution is 2.26. The van der Waals surface area contributed by atoms with Gasteiger partial charge in [0.15, 0.2) is 0 Å². The van der Waals surface area contributed by atoms with Crippen LogP contribution in [0.2, 0.25) is 0 Å². The van der Waals surface area contributed by atoms with Crippen LogP contribution in [0, 0.1) is 0 Å². The van der Waals surface area contributed by atoms with Gasteiger partial charge in [0.2, 0.25) is 0 Å². The van der Waals surface area contributed by atoms with Crippen molar-refractivity contribution in [2.45, 2.75) is 45.0 Å². The third kappa shape index (κ3) is 5.71. The number of aromatic carboxylic acids is 1. The van der Waals surface area contributed by atoms with Crippen LogP contribution in [0.4, 0.5) is 10.5 Å². The van der Waals surface area contributed by atoms with Crippen molar-refractivity contribution >= 4 is 17.7 Å². The van der Waals surface area contributed by atoms with Crippen LogP contribution in [0.25, 0.3) is 0 Å². The fraction of sp³-hybridized carbons (Fsp3) is 0.500. The van der Waals surface area contributed by atoms with Gasteiger partial charge in [-0.15, -0.1) is 0 Å². The molecule has 1 rings (SSSR count). The Kier molecular flexibility index (Phi) is 6.56. The van der Waals surface area contributed by atoms with Crippen molar-refractivity contribution in [3.05, 3.63) is 29.3 Å². The van der Waals surface area contributed by atoms with Crippen LogP contribution in [0.5, 0.6) is 0 Å². The number of aliphatic hydroxyl groups is 2. The molecule has 1 aromatic rings. The first-order valence-electron chi connectivity index (χ1n) is 7.47. The summed E-state index contributed by atoms with van der Waals surface area (Å²) in [6.45, 7) is 5.22. The van der Waals surface area contributed by atoms with Crippen molar-refractivity contribution in [2.24, 2.45) is 0 Å². The Morgan fingerprint density at radius 1 is 1.29 bits per heavy atom. The monoisotopic (exact) mass is 340 g/mol. The predicted molar refractivity (Wildman–Crippen MR) is 87.6 cm³/mol. The van der Waals surface area contributed by atoms with E-state index in [4.69, 9.17) is 10.5 Å². The summed E-state index contributed by atoms with van der Waals surface area (Å²) >= 11 is 0. The minimum absolute atomic E-state index is 0.00173. The molecule has 0 bridgehead atoms. The van der Waals surface area contributed by atoms with Gasteiger partial charge >= 0.3 is 12.1 Å². The van der Waals surface area contributed by atoms with E-state index in [1.54, 1.807) is 20.8 Å². The molecule has 6 N–H and O–H groups in total. The minimum atomic E-state index is -1.44. The van der Waals surface area contributed by atoms with Gasteiger partial charge < -0.3 is 31.1 Å². The summed E-state index contributed by atoms with van der Waals surface area (Å²) in [5.74, 6) is -1.29. The fourth-order valence-corrected chi connectivity index (χ4v) is 2.08. The number of carbonyl (C=O) groups is 2. The number of amides is 1. The zero-order chi connectivity index (χ0) is 18.5. The van der Waals surface area contributed by atoms with Gasteiger partial charge in [-0.25, -0.2) is 9.59 Å². The van der Waals surface area contributed by atoms with Crippen molar-refractivity contribution in [1.82, 2.24) is 5.32 Å². The molecule has 0 aliphatic heterocycles. The van der Waals surface area contributed by atoms with Crippen molar-refractivity contribution in [3.63, 3.8) is 0 Å². The number of nitrogens with two attached hydrogens (primary N) is 1. The van der Waals surface area contributed by atoms with Crippen LogP contribution in [0.3, 0.4) is 0 Å². The molecule has 0 aliphatic rings. The van der Waals surface area contributed by atoms with Gasteiger partial charge in [-0.05, 0) is 38.8 Å². The Bertz CT molecular complexity index is 597. The second-order valence-corrected chi connectivity index (χ2v) is 6.35. The summed E-state index contributed by atoms with van der Waals surface area (Å²) < 4.78 is 5.04. The fourth-order valence-electron chi connectivity index (χ4n) is 2.08. The number of carboxylic acid groups (broad SMARTS) is 1. The zero-order valence-electron chi connectivity index (χ0n) is 13.9. The molecule has 0 aromatic heterocycles. The zero-order valence-corrected chi connectivity index (χ0v) is 13.9. The number of alkyl carbamates (subject to hydrolysis) is 1. The standard InChI is InChI=1S/C16H24N2O6/c1-16(2,3)24-15(23)18-8-7-11(19)13(20)9-5-4-6-10(17)12(9)14(21)22/h4-6,11,13,19-20H,7-8,17H2,1-3H3,(H,18,23)(H,21,22). The lowest BCUT2D eigenvalue weighted by atomic mass is 9.96. The minimum Gasteiger partial charge on any atom is -0.478 e. The molecule has 24 heavy (non-hydrogen) atoms. The molecule has 0 saturated carbocycles. The summed E-state index contributed by atoms with van der Waals surface area (Å²) in [6, 6.07) is 4.27. The number of nitrogens with one attached hydrogen (secondary N) is 1. The molecule has 0 radical (unpaired) electrons. The number of carbonyl (C=O) groups excluding carboxylic acids is 1. The number of hydrogen-bond donors (Lipinski definition) is 5. The van der Waals surface area contributed by atoms with Crippen LogP contribution in [0.15, 0.2) is 18.2 Å². The molecule has 0 aliphatic carbocycles. The number of nitrogen functional groups attached to an aromatic ring is 1. The van der Waals surface area contributed by atoms with E-state index < -0.39 is 29.9 Å². The third-order valence-corrected chi connectivity index (χ3v) is 3.13. The van der Waals surface area contributed by atoms with Gasteiger partial charge in [0.25, 0.3) is 0 Å². The maximum absolute atomic E-state index is 11.5. The molecule has 1 aromatic carbocycles. The molecule has 0 spiro atoms. The quantitative estimate of drug-likeness (QED) is 0.491. The Hall–Kier alpha value is -2.32. The van der Waals surface area contributed by atoms with Gasteiger partial charge in [-0.1, -0.05) is 12.1 Å². The summed E-state index contributed by atoms with van der Waals surface area (Å²) in [5.41, 5.74) is 4.75. The van der Waals surface area contributed by atoms with E-state index in [9.17, 15) is 24.9 Å². The second kappa shape index (κ2) is 7.98. The third-order valence-electron chi connectivity index (χ3n) is 3.13. The Morgan fingerprint density at radius 2 is 1.92 bits per heavy atom. The van der Waals surface area contributed by atoms with Gasteiger partial charge in [0, 0.05) is 12.2 Å². The van der Waals surface area contributed by atoms with Crippen molar-refractivity contribution < 1.29 is 29.6 Å². The smallest absolute Gasteiger partial charge is 0.407 e. The van der Waals surface area contributed by atoms with E-state index in [-0.39, 0.29) is 29.8 Å². The number of hydrogen-bond acceptors (Lipinski definition) is 6. The summed E-state index contributed by atoms with van der Waals surface area (Å²) in [4.78, 5) is 22.8. The molecule has 0 fully saturated rings. The Labute approximate surface area is 140 Å². The molecule has 0 saturated heterocycles. The van der Waals surface area contributed by atoms with E-state index in [1.165, 1.54) is 18.2 Å². The first kappa shape index (κ1) is 19.7. The normalized spacial score (nSPS) is 13.9. The van der Waals surface area contributed by atoms with Crippen LogP contribution < -0.4 is 11.1 Å². The highest BCUT2D eigenvalue weighted by molar-refractivity contribution is 5.95. The Morgan fingerprint density at radius 3 is 2.46 bits per heavy atom. The predicted octanol–water partition coefficient (Wildman–Crippen LogP) is 1.28. The molecule has 8 heteroatoms. The first-order valence-corrected chi connectivity index (χ1v) is 7.47. The maximum Gasteiger partial charge on any atom is 0.407 e. The molecule has 8 nitrogen and oxygen atoms in total. The molecular weight excluding hydrogens is 316 g/mol. The number of carboxylic acids is 1. The lowest BCUT2D eigenvalue weighted by Gasteiger charge is -2.22. The number of benzene rings is 1. The highest BCUT2D eigenvalue weighted by Gasteiger charge is 2.25. The lowest BCUT2D eigenvalue weighted by Crippen LogP contribution is -2.34. The summed E-state index contributed by atoms with van der Waals surface area (Å²) in [6.07, 6.45) is -3.35. The van der Waals surface area contributed by atoms with Crippen molar-refractivity contribution in [2.75, 3.05) is 12.3 Å². The van der Waals surface area contributed by atoms with Crippen LogP contribution in [-0.2, 0) is 4.74 Å². The average Bonchev–Trinajstić information content (AvgIpc) is 2.43. The van der Waals surface area contributed by atoms with Crippen molar-refractivity contribution in [1.29, 1.82) is 0 Å². The maximum atomic E-state index is 11.5. The van der Waals surface area contributed by atoms with Crippen LogP contribution in [0.1, 0.15) is 49.2 Å². The largest absolute Gasteiger partial charge is 0.478 e. The highest BCUT2D eigenvalue weighted by atomic mass is 16.6. The van der Waals surface area contributed by atoms with Crippen LogP contribution in [-0.4, -0.2) is 45.6 Å². The number of ether oxygens (including phenoxy) is 1. The Balaban J connectivity index is 2.66. The molecular formula is C16H24N2O6.